The number of rotatable bonds is 5. The lowest BCUT2D eigenvalue weighted by atomic mass is 10.0. The molecule has 1 aliphatic heterocycles. The number of carboxylic acids is 1. The number of carboxylic acid groups (broad SMARTS) is 1. The summed E-state index contributed by atoms with van der Waals surface area (Å²) in [6, 6.07) is 7.93. The van der Waals surface area contributed by atoms with Crippen molar-refractivity contribution in [3.05, 3.63) is 29.8 Å². The van der Waals surface area contributed by atoms with Gasteiger partial charge in [-0.2, -0.15) is 0 Å². The summed E-state index contributed by atoms with van der Waals surface area (Å²) in [7, 11) is 2.19. The normalized spacial score (nSPS) is 20.4. The second kappa shape index (κ2) is 6.96. The molecule has 1 aromatic rings. The van der Waals surface area contributed by atoms with Crippen LogP contribution in [0.5, 0.6) is 0 Å². The summed E-state index contributed by atoms with van der Waals surface area (Å²) in [5, 5.41) is 9.13. The molecular formula is C15H21NO2S. The predicted molar refractivity (Wildman–Crippen MR) is 79.0 cm³/mol. The van der Waals surface area contributed by atoms with Gasteiger partial charge < -0.3 is 10.0 Å². The molecule has 3 nitrogen and oxygen atoms in total. The van der Waals surface area contributed by atoms with Crippen LogP contribution in [0.15, 0.2) is 29.2 Å². The van der Waals surface area contributed by atoms with Gasteiger partial charge >= 0.3 is 5.97 Å². The van der Waals surface area contributed by atoms with Crippen molar-refractivity contribution >= 4 is 17.7 Å². The van der Waals surface area contributed by atoms with Crippen molar-refractivity contribution in [3.63, 3.8) is 0 Å². The maximum absolute atomic E-state index is 11.1. The first kappa shape index (κ1) is 14.4. The lowest BCUT2D eigenvalue weighted by molar-refractivity contribution is 0.0693. The molecule has 1 atom stereocenters. The monoisotopic (exact) mass is 279 g/mol. The molecule has 2 rings (SSSR count). The molecule has 1 heterocycles. The van der Waals surface area contributed by atoms with Crippen molar-refractivity contribution in [2.24, 2.45) is 0 Å². The number of aromatic carboxylic acids is 1. The molecule has 1 unspecified atom stereocenters. The molecule has 0 aromatic heterocycles. The molecule has 0 bridgehead atoms. The molecule has 0 aliphatic carbocycles. The zero-order valence-corrected chi connectivity index (χ0v) is 12.2. The Hall–Kier alpha value is -1.00. The maximum atomic E-state index is 11.1. The zero-order valence-electron chi connectivity index (χ0n) is 11.3. The second-order valence-corrected chi connectivity index (χ2v) is 6.21. The van der Waals surface area contributed by atoms with Gasteiger partial charge in [-0.05, 0) is 50.7 Å². The Kier molecular flexibility index (Phi) is 5.28. The van der Waals surface area contributed by atoms with Gasteiger partial charge in [0.1, 0.15) is 0 Å². The first-order chi connectivity index (χ1) is 9.18. The van der Waals surface area contributed by atoms with Crippen molar-refractivity contribution in [2.75, 3.05) is 19.3 Å². The fourth-order valence-electron chi connectivity index (χ4n) is 2.58. The van der Waals surface area contributed by atoms with E-state index in [1.165, 1.54) is 25.8 Å². The molecule has 0 amide bonds. The Morgan fingerprint density at radius 1 is 1.42 bits per heavy atom. The van der Waals surface area contributed by atoms with Crippen LogP contribution >= 0.6 is 11.8 Å². The molecule has 1 saturated heterocycles. The lowest BCUT2D eigenvalue weighted by Gasteiger charge is -2.32. The van der Waals surface area contributed by atoms with Crippen LogP contribution in [0.25, 0.3) is 0 Å². The first-order valence-electron chi connectivity index (χ1n) is 6.84. The summed E-state index contributed by atoms with van der Waals surface area (Å²) >= 11 is 1.66. The van der Waals surface area contributed by atoms with E-state index in [-0.39, 0.29) is 0 Å². The van der Waals surface area contributed by atoms with E-state index in [4.69, 9.17) is 5.11 Å². The van der Waals surface area contributed by atoms with Crippen LogP contribution < -0.4 is 0 Å². The van der Waals surface area contributed by atoms with Gasteiger partial charge in [-0.15, -0.1) is 11.8 Å². The van der Waals surface area contributed by atoms with Gasteiger partial charge in [-0.1, -0.05) is 18.6 Å². The third kappa shape index (κ3) is 3.98. The number of hydrogen-bond donors (Lipinski definition) is 1. The van der Waals surface area contributed by atoms with E-state index in [0.717, 1.165) is 17.1 Å². The Morgan fingerprint density at radius 3 is 2.95 bits per heavy atom. The van der Waals surface area contributed by atoms with Gasteiger partial charge in [0.15, 0.2) is 0 Å². The molecule has 19 heavy (non-hydrogen) atoms. The highest BCUT2D eigenvalue weighted by Crippen LogP contribution is 2.26. The molecule has 1 N–H and O–H groups in total. The second-order valence-electron chi connectivity index (χ2n) is 5.07. The van der Waals surface area contributed by atoms with Gasteiger partial charge in [0, 0.05) is 10.9 Å². The third-order valence-electron chi connectivity index (χ3n) is 3.75. The minimum absolute atomic E-state index is 0.421. The number of nitrogens with zero attached hydrogens (tertiary/aromatic N) is 1. The largest absolute Gasteiger partial charge is 0.478 e. The van der Waals surface area contributed by atoms with Crippen LogP contribution in [0, 0.1) is 0 Å². The quantitative estimate of drug-likeness (QED) is 0.839. The van der Waals surface area contributed by atoms with Gasteiger partial charge in [-0.25, -0.2) is 4.79 Å². The van der Waals surface area contributed by atoms with E-state index in [0.29, 0.717) is 11.6 Å². The fraction of sp³-hybridized carbons (Fsp3) is 0.533. The van der Waals surface area contributed by atoms with Gasteiger partial charge in [0.05, 0.1) is 5.56 Å². The van der Waals surface area contributed by atoms with E-state index in [1.54, 1.807) is 23.9 Å². The molecule has 1 aliphatic rings. The summed E-state index contributed by atoms with van der Waals surface area (Å²) in [6.45, 7) is 1.20. The number of likely N-dealkylation sites (tertiary alicyclic amines) is 1. The minimum atomic E-state index is -0.835. The zero-order chi connectivity index (χ0) is 13.7. The van der Waals surface area contributed by atoms with E-state index in [2.05, 4.69) is 11.9 Å². The van der Waals surface area contributed by atoms with Crippen molar-refractivity contribution in [1.29, 1.82) is 0 Å². The topological polar surface area (TPSA) is 40.5 Å². The van der Waals surface area contributed by atoms with Crippen molar-refractivity contribution in [1.82, 2.24) is 4.90 Å². The van der Waals surface area contributed by atoms with Crippen LogP contribution in [0.4, 0.5) is 0 Å². The van der Waals surface area contributed by atoms with Crippen LogP contribution in [0.1, 0.15) is 36.0 Å². The Bertz CT molecular complexity index is 436. The number of hydrogen-bond acceptors (Lipinski definition) is 3. The molecule has 0 saturated carbocycles. The summed E-state index contributed by atoms with van der Waals surface area (Å²) < 4.78 is 0. The van der Waals surface area contributed by atoms with E-state index >= 15 is 0 Å². The molecule has 0 spiro atoms. The smallest absolute Gasteiger partial charge is 0.336 e. The molecule has 1 aromatic carbocycles. The lowest BCUT2D eigenvalue weighted by Crippen LogP contribution is -2.36. The maximum Gasteiger partial charge on any atom is 0.336 e. The highest BCUT2D eigenvalue weighted by molar-refractivity contribution is 7.99. The molecule has 4 heteroatoms. The van der Waals surface area contributed by atoms with Gasteiger partial charge in [-0.3, -0.25) is 0 Å². The first-order valence-corrected chi connectivity index (χ1v) is 7.82. The molecule has 0 radical (unpaired) electrons. The highest BCUT2D eigenvalue weighted by atomic mass is 32.2. The number of carbonyl (C=O) groups is 1. The Morgan fingerprint density at radius 2 is 2.21 bits per heavy atom. The minimum Gasteiger partial charge on any atom is -0.478 e. The van der Waals surface area contributed by atoms with E-state index in [1.807, 2.05) is 12.1 Å². The third-order valence-corrected chi connectivity index (χ3v) is 4.85. The van der Waals surface area contributed by atoms with Crippen molar-refractivity contribution in [2.45, 2.75) is 36.6 Å². The standard InChI is InChI=1S/C15H21NO2S/c1-16-10-5-4-6-12(16)9-11-19-14-8-3-2-7-13(14)15(17)18/h2-3,7-8,12H,4-6,9-11H2,1H3,(H,17,18). The van der Waals surface area contributed by atoms with E-state index < -0.39 is 5.97 Å². The van der Waals surface area contributed by atoms with Gasteiger partial charge in [0.2, 0.25) is 0 Å². The van der Waals surface area contributed by atoms with Crippen molar-refractivity contribution < 1.29 is 9.90 Å². The molecule has 104 valence electrons. The number of thioether (sulfide) groups is 1. The SMILES string of the molecule is CN1CCCCC1CCSc1ccccc1C(=O)O. The molecule has 1 fully saturated rings. The Labute approximate surface area is 119 Å². The summed E-state index contributed by atoms with van der Waals surface area (Å²) in [5.74, 6) is 0.150. The van der Waals surface area contributed by atoms with Crippen molar-refractivity contribution in [3.8, 4) is 0 Å². The molecular weight excluding hydrogens is 258 g/mol. The summed E-state index contributed by atoms with van der Waals surface area (Å²) in [5.41, 5.74) is 0.421. The van der Waals surface area contributed by atoms with E-state index in [9.17, 15) is 4.79 Å². The Balaban J connectivity index is 1.87. The average molecular weight is 279 g/mol. The summed E-state index contributed by atoms with van der Waals surface area (Å²) in [6.07, 6.45) is 5.04. The van der Waals surface area contributed by atoms with Crippen LogP contribution in [0.3, 0.4) is 0 Å². The number of piperidine rings is 1. The van der Waals surface area contributed by atoms with Crippen LogP contribution in [-0.4, -0.2) is 41.4 Å². The van der Waals surface area contributed by atoms with Crippen LogP contribution in [0.2, 0.25) is 0 Å². The summed E-state index contributed by atoms with van der Waals surface area (Å²) in [4.78, 5) is 14.4. The number of benzene rings is 1. The highest BCUT2D eigenvalue weighted by Gasteiger charge is 2.18. The predicted octanol–water partition coefficient (Wildman–Crippen LogP) is 3.35. The fourth-order valence-corrected chi connectivity index (χ4v) is 3.68. The van der Waals surface area contributed by atoms with Gasteiger partial charge in [0.25, 0.3) is 0 Å². The van der Waals surface area contributed by atoms with Crippen LogP contribution in [-0.2, 0) is 0 Å². The average Bonchev–Trinajstić information content (AvgIpc) is 2.41.